The number of carbonyl (C=O) groups is 2. The molecule has 0 saturated carbocycles. The molecule has 0 aromatic heterocycles. The third-order valence-electron chi connectivity index (χ3n) is 4.83. The molecule has 34 heavy (non-hydrogen) atoms. The van der Waals surface area contributed by atoms with Crippen molar-refractivity contribution in [2.45, 2.75) is 90.0 Å². The normalized spacial score (nSPS) is 17.3. The van der Waals surface area contributed by atoms with Gasteiger partial charge < -0.3 is 38.6 Å². The highest BCUT2D eigenvalue weighted by molar-refractivity contribution is 5.66. The van der Waals surface area contributed by atoms with E-state index in [1.807, 2.05) is 13.8 Å². The lowest BCUT2D eigenvalue weighted by molar-refractivity contribution is -0.161. The fraction of sp³-hybridized carbons (Fsp3) is 0.750. The first kappa shape index (κ1) is 32.2. The van der Waals surface area contributed by atoms with Crippen molar-refractivity contribution >= 4 is 11.9 Å². The van der Waals surface area contributed by atoms with E-state index in [1.165, 1.54) is 28.1 Å². The van der Waals surface area contributed by atoms with Crippen LogP contribution >= 0.6 is 0 Å². The summed E-state index contributed by atoms with van der Waals surface area (Å²) in [6.07, 6.45) is 3.17. The number of rotatable bonds is 19. The molecule has 0 bridgehead atoms. The number of carbonyl (C=O) groups excluding carboxylic acids is 2. The van der Waals surface area contributed by atoms with Gasteiger partial charge in [0, 0.05) is 28.1 Å². The topological polar surface area (TPSA) is 130 Å². The molecule has 10 nitrogen and oxygen atoms in total. The molecule has 10 heteroatoms. The van der Waals surface area contributed by atoms with E-state index in [0.29, 0.717) is 0 Å². The molecule has 0 spiro atoms. The Bertz CT molecular complexity index is 555. The van der Waals surface area contributed by atoms with Crippen LogP contribution in [0.1, 0.15) is 53.4 Å². The number of allylic oxidation sites excluding steroid dienone is 2. The van der Waals surface area contributed by atoms with Gasteiger partial charge in [-0.05, 0) is 39.5 Å². The van der Waals surface area contributed by atoms with Crippen molar-refractivity contribution in [3.05, 3.63) is 24.3 Å². The quantitative estimate of drug-likeness (QED) is 0.158. The molecule has 0 radical (unpaired) electrons. The van der Waals surface area contributed by atoms with Gasteiger partial charge in [0.1, 0.15) is 38.0 Å². The van der Waals surface area contributed by atoms with Crippen LogP contribution in [0.25, 0.3) is 0 Å². The summed E-state index contributed by atoms with van der Waals surface area (Å²) in [5.74, 6) is -0.961. The third kappa shape index (κ3) is 14.4. The summed E-state index contributed by atoms with van der Waals surface area (Å²) in [5.41, 5.74) is 0. The maximum absolute atomic E-state index is 11.6. The van der Waals surface area contributed by atoms with Gasteiger partial charge in [-0.15, -0.1) is 0 Å². The van der Waals surface area contributed by atoms with Crippen LogP contribution in [-0.2, 0) is 38.0 Å². The van der Waals surface area contributed by atoms with Crippen LogP contribution in [0.15, 0.2) is 24.3 Å². The van der Waals surface area contributed by atoms with E-state index in [9.17, 15) is 19.8 Å². The van der Waals surface area contributed by atoms with Crippen LogP contribution in [-0.4, -0.2) is 86.6 Å². The Kier molecular flexibility index (Phi) is 18.4. The van der Waals surface area contributed by atoms with E-state index in [0.717, 1.165) is 0 Å². The number of methoxy groups -OCH3 is 2. The Labute approximate surface area is 202 Å². The van der Waals surface area contributed by atoms with Gasteiger partial charge in [0.25, 0.3) is 0 Å². The molecule has 6 atom stereocenters. The van der Waals surface area contributed by atoms with Crippen LogP contribution in [0.2, 0.25) is 0 Å². The zero-order valence-corrected chi connectivity index (χ0v) is 21.2. The molecule has 0 heterocycles. The second kappa shape index (κ2) is 19.5. The Balaban J connectivity index is 5.09. The van der Waals surface area contributed by atoms with Gasteiger partial charge in [0.2, 0.25) is 0 Å². The van der Waals surface area contributed by atoms with Crippen molar-refractivity contribution in [3.63, 3.8) is 0 Å². The number of hydrogen-bond acceptors (Lipinski definition) is 10. The largest absolute Gasteiger partial charge is 0.459 e. The first-order chi connectivity index (χ1) is 16.2. The minimum Gasteiger partial charge on any atom is -0.459 e. The molecule has 0 aliphatic carbocycles. The van der Waals surface area contributed by atoms with Gasteiger partial charge in [-0.3, -0.25) is 9.59 Å². The van der Waals surface area contributed by atoms with Crippen molar-refractivity contribution in [1.29, 1.82) is 0 Å². The summed E-state index contributed by atoms with van der Waals surface area (Å²) >= 11 is 0. The molecular formula is C24H42O10. The van der Waals surface area contributed by atoms with E-state index in [2.05, 4.69) is 0 Å². The number of hydrogen-bond donors (Lipinski definition) is 2. The van der Waals surface area contributed by atoms with Gasteiger partial charge in [-0.25, -0.2) is 0 Å². The van der Waals surface area contributed by atoms with Crippen LogP contribution < -0.4 is 0 Å². The Hall–Kier alpha value is -1.82. The maximum Gasteiger partial charge on any atom is 0.303 e. The van der Waals surface area contributed by atoms with E-state index in [1.54, 1.807) is 24.3 Å². The standard InChI is InChI=1S/C24H42O10/c1-7-9-21(31-15-29-5)23(33-17(3)25)13-11-19(27)20(28)12-14-24(34-18(4)26)22(10-8-2)32-16-30-6/h7-10,19-24,27-28H,11-16H2,1-6H3/b9-7+,10-8+/t19-,20-,21-,22-,23-,24-/m0/s1. The average molecular weight is 491 g/mol. The lowest BCUT2D eigenvalue weighted by Gasteiger charge is -2.28. The van der Waals surface area contributed by atoms with Gasteiger partial charge in [0.15, 0.2) is 0 Å². The predicted octanol–water partition coefficient (Wildman–Crippen LogP) is 2.26. The first-order valence-corrected chi connectivity index (χ1v) is 11.4. The lowest BCUT2D eigenvalue weighted by Crippen LogP contribution is -2.36. The van der Waals surface area contributed by atoms with Crippen LogP contribution in [0.3, 0.4) is 0 Å². The Morgan fingerprint density at radius 3 is 1.32 bits per heavy atom. The van der Waals surface area contributed by atoms with Crippen molar-refractivity contribution in [2.75, 3.05) is 27.8 Å². The summed E-state index contributed by atoms with van der Waals surface area (Å²) in [4.78, 5) is 23.1. The number of aliphatic hydroxyl groups is 2. The summed E-state index contributed by atoms with van der Waals surface area (Å²) in [5, 5.41) is 21.0. The lowest BCUT2D eigenvalue weighted by atomic mass is 9.97. The van der Waals surface area contributed by atoms with Crippen LogP contribution in [0.4, 0.5) is 0 Å². The van der Waals surface area contributed by atoms with Gasteiger partial charge in [0.05, 0.1) is 12.2 Å². The van der Waals surface area contributed by atoms with Crippen molar-refractivity contribution < 1.29 is 48.2 Å². The molecule has 198 valence electrons. The summed E-state index contributed by atoms with van der Waals surface area (Å²) in [7, 11) is 2.97. The van der Waals surface area contributed by atoms with Crippen molar-refractivity contribution in [2.24, 2.45) is 0 Å². The van der Waals surface area contributed by atoms with Crippen molar-refractivity contribution in [3.8, 4) is 0 Å². The highest BCUT2D eigenvalue weighted by atomic mass is 16.7. The van der Waals surface area contributed by atoms with Crippen LogP contribution in [0, 0.1) is 0 Å². The summed E-state index contributed by atoms with van der Waals surface area (Å²) < 4.78 is 31.8. The van der Waals surface area contributed by atoms with Gasteiger partial charge in [-0.2, -0.15) is 0 Å². The van der Waals surface area contributed by atoms with Gasteiger partial charge in [-0.1, -0.05) is 24.3 Å². The highest BCUT2D eigenvalue weighted by Crippen LogP contribution is 2.20. The zero-order chi connectivity index (χ0) is 25.9. The molecule has 0 aromatic carbocycles. The number of esters is 2. The molecule has 0 fully saturated rings. The van der Waals surface area contributed by atoms with Crippen LogP contribution in [0.5, 0.6) is 0 Å². The Morgan fingerprint density at radius 1 is 0.706 bits per heavy atom. The molecule has 2 N–H and O–H groups in total. The van der Waals surface area contributed by atoms with E-state index in [4.69, 9.17) is 28.4 Å². The van der Waals surface area contributed by atoms with Crippen molar-refractivity contribution in [1.82, 2.24) is 0 Å². The molecule has 0 rings (SSSR count). The maximum atomic E-state index is 11.6. The van der Waals surface area contributed by atoms with E-state index >= 15 is 0 Å². The average Bonchev–Trinajstić information content (AvgIpc) is 2.78. The smallest absolute Gasteiger partial charge is 0.303 e. The molecule has 0 aliphatic heterocycles. The molecule has 0 amide bonds. The molecule has 0 saturated heterocycles. The minimum atomic E-state index is -1.09. The summed E-state index contributed by atoms with van der Waals surface area (Å²) in [6.45, 7) is 6.22. The minimum absolute atomic E-state index is 0.00794. The van der Waals surface area contributed by atoms with E-state index in [-0.39, 0.29) is 39.3 Å². The monoisotopic (exact) mass is 490 g/mol. The third-order valence-corrected chi connectivity index (χ3v) is 4.83. The SMILES string of the molecule is C/C=C/[C@H](OCOC)[C@H](CC[C@H](O)[C@@H](O)CC[C@H](OC(C)=O)[C@H](/C=C/C)OCOC)OC(C)=O. The summed E-state index contributed by atoms with van der Waals surface area (Å²) in [6, 6.07) is 0. The highest BCUT2D eigenvalue weighted by Gasteiger charge is 2.28. The number of ether oxygens (including phenoxy) is 6. The Morgan fingerprint density at radius 2 is 1.06 bits per heavy atom. The first-order valence-electron chi connectivity index (χ1n) is 11.4. The second-order valence-corrected chi connectivity index (χ2v) is 7.71. The zero-order valence-electron chi connectivity index (χ0n) is 21.2. The molecule has 0 unspecified atom stereocenters. The van der Waals surface area contributed by atoms with E-state index < -0.39 is 48.6 Å². The fourth-order valence-corrected chi connectivity index (χ4v) is 3.31. The number of aliphatic hydroxyl groups excluding tert-OH is 2. The molecular weight excluding hydrogens is 448 g/mol. The molecule has 0 aliphatic rings. The molecule has 0 aromatic rings. The van der Waals surface area contributed by atoms with Gasteiger partial charge >= 0.3 is 11.9 Å². The fourth-order valence-electron chi connectivity index (χ4n) is 3.31. The second-order valence-electron chi connectivity index (χ2n) is 7.71. The predicted molar refractivity (Wildman–Crippen MR) is 125 cm³/mol.